The summed E-state index contributed by atoms with van der Waals surface area (Å²) < 4.78 is 6.22. The first-order chi connectivity index (χ1) is 17.2. The Kier molecular flexibility index (Phi) is 22.0. The molecule has 1 rings (SSSR count). The van der Waals surface area contributed by atoms with Crippen LogP contribution in [0.3, 0.4) is 0 Å². The Morgan fingerprint density at radius 3 is 1.57 bits per heavy atom. The molecule has 204 valence electrons. The molecule has 35 heavy (non-hydrogen) atoms. The minimum atomic E-state index is -1.36. The van der Waals surface area contributed by atoms with E-state index in [0.717, 1.165) is 31.2 Å². The molecular weight excluding hydrogens is 447 g/mol. The monoisotopic (exact) mass is 506 g/mol. The molecule has 0 aliphatic heterocycles. The largest absolute Gasteiger partial charge is 0.447 e. The van der Waals surface area contributed by atoms with Crippen LogP contribution in [0, 0.1) is 0 Å². The van der Waals surface area contributed by atoms with Crippen molar-refractivity contribution in [2.75, 3.05) is 6.16 Å². The highest BCUT2D eigenvalue weighted by Gasteiger charge is 2.14. The Morgan fingerprint density at radius 2 is 1.03 bits per heavy atom. The molecule has 2 nitrogen and oxygen atoms in total. The lowest BCUT2D eigenvalue weighted by molar-refractivity contribution is 0.475. The van der Waals surface area contributed by atoms with Crippen LogP contribution in [0.4, 0.5) is 0 Å². The Balaban J connectivity index is 2.58. The zero-order valence-electron chi connectivity index (χ0n) is 23.8. The molecule has 1 atom stereocenters. The Morgan fingerprint density at radius 1 is 0.571 bits per heavy atom. The van der Waals surface area contributed by atoms with Crippen LogP contribution in [0.1, 0.15) is 160 Å². The summed E-state index contributed by atoms with van der Waals surface area (Å²) in [7, 11) is -1.36. The average molecular weight is 507 g/mol. The van der Waals surface area contributed by atoms with Crippen molar-refractivity contribution < 1.29 is 9.42 Å². The average Bonchev–Trinajstić information content (AvgIpc) is 2.86. The van der Waals surface area contributed by atoms with Gasteiger partial charge in [0, 0.05) is 6.16 Å². The minimum absolute atomic E-state index is 0.806. The molecule has 0 aliphatic carbocycles. The van der Waals surface area contributed by atoms with Gasteiger partial charge in [0.15, 0.2) is 0 Å². The molecule has 0 fully saturated rings. The van der Waals surface area contributed by atoms with Gasteiger partial charge in [-0.2, -0.15) is 0 Å². The Labute approximate surface area is 221 Å². The third kappa shape index (κ3) is 17.5. The van der Waals surface area contributed by atoms with Gasteiger partial charge >= 0.3 is 0 Å². The van der Waals surface area contributed by atoms with Crippen LogP contribution in [0.15, 0.2) is 18.2 Å². The number of unbranched alkanes of at least 4 members (excludes halogenated alkanes) is 17. The van der Waals surface area contributed by atoms with Crippen LogP contribution in [0.2, 0.25) is 0 Å². The normalized spacial score (nSPS) is 12.2. The van der Waals surface area contributed by atoms with Crippen molar-refractivity contribution in [3.8, 4) is 5.75 Å². The first kappa shape index (κ1) is 32.4. The van der Waals surface area contributed by atoms with Crippen molar-refractivity contribution in [1.82, 2.24) is 0 Å². The van der Waals surface area contributed by atoms with E-state index in [-0.39, 0.29) is 0 Å². The molecule has 0 saturated heterocycles. The number of rotatable bonds is 25. The van der Waals surface area contributed by atoms with Gasteiger partial charge < -0.3 is 9.42 Å². The molecule has 0 spiro atoms. The zero-order valence-corrected chi connectivity index (χ0v) is 24.7. The van der Waals surface area contributed by atoms with E-state index < -0.39 is 8.38 Å². The SMILES string of the molecule is CCCCCCCCCc1cccc(OP(O)CCCCCCCC)c1CCCCCCCCC. The van der Waals surface area contributed by atoms with Gasteiger partial charge in [-0.15, -0.1) is 0 Å². The molecule has 3 heteroatoms. The van der Waals surface area contributed by atoms with E-state index >= 15 is 0 Å². The third-order valence-corrected chi connectivity index (χ3v) is 8.32. The second-order valence-electron chi connectivity index (χ2n) is 10.6. The van der Waals surface area contributed by atoms with Crippen LogP contribution in [0.5, 0.6) is 5.75 Å². The van der Waals surface area contributed by atoms with Crippen LogP contribution in [0.25, 0.3) is 0 Å². The van der Waals surface area contributed by atoms with E-state index in [4.69, 9.17) is 4.52 Å². The first-order valence-electron chi connectivity index (χ1n) is 15.5. The van der Waals surface area contributed by atoms with Crippen LogP contribution >= 0.6 is 8.38 Å². The van der Waals surface area contributed by atoms with Crippen molar-refractivity contribution >= 4 is 8.38 Å². The van der Waals surface area contributed by atoms with Crippen molar-refractivity contribution in [2.45, 2.75) is 162 Å². The van der Waals surface area contributed by atoms with Crippen LogP contribution in [-0.2, 0) is 12.8 Å². The molecule has 0 heterocycles. The molecule has 0 aromatic heterocycles. The third-order valence-electron chi connectivity index (χ3n) is 7.22. The summed E-state index contributed by atoms with van der Waals surface area (Å²) in [5.41, 5.74) is 2.85. The molecule has 1 unspecified atom stereocenters. The van der Waals surface area contributed by atoms with E-state index in [0.29, 0.717) is 0 Å². The standard InChI is InChI=1S/C32H59O2P/c1-4-7-10-13-16-18-21-25-30-26-24-28-32(31(30)27-22-19-17-14-11-8-5-2)34-35(33)29-23-20-15-12-9-6-3/h24,26,28,33H,4-23,25,27,29H2,1-3H3. The number of hydrogen-bond donors (Lipinski definition) is 1. The maximum absolute atomic E-state index is 10.7. The van der Waals surface area contributed by atoms with E-state index in [1.807, 2.05) is 0 Å². The van der Waals surface area contributed by atoms with Gasteiger partial charge in [-0.05, 0) is 49.3 Å². The van der Waals surface area contributed by atoms with E-state index in [9.17, 15) is 4.89 Å². The van der Waals surface area contributed by atoms with Gasteiger partial charge in [-0.1, -0.05) is 142 Å². The molecule has 0 amide bonds. The van der Waals surface area contributed by atoms with Gasteiger partial charge in [0.05, 0.1) is 0 Å². The number of benzene rings is 1. The fraction of sp³-hybridized carbons (Fsp3) is 0.812. The molecule has 1 aromatic rings. The Bertz CT molecular complexity index is 589. The summed E-state index contributed by atoms with van der Waals surface area (Å²) in [5, 5.41) is 0. The number of hydrogen-bond acceptors (Lipinski definition) is 2. The van der Waals surface area contributed by atoms with Crippen molar-refractivity contribution in [2.24, 2.45) is 0 Å². The fourth-order valence-electron chi connectivity index (χ4n) is 4.93. The molecule has 1 aromatic carbocycles. The molecule has 0 saturated carbocycles. The fourth-order valence-corrected chi connectivity index (χ4v) is 5.92. The predicted octanol–water partition coefficient (Wildman–Crippen LogP) is 11.3. The van der Waals surface area contributed by atoms with Crippen molar-refractivity contribution in [1.29, 1.82) is 0 Å². The summed E-state index contributed by atoms with van der Waals surface area (Å²) in [5.74, 6) is 0.969. The summed E-state index contributed by atoms with van der Waals surface area (Å²) in [6.07, 6.45) is 29.3. The highest BCUT2D eigenvalue weighted by molar-refractivity contribution is 7.46. The second-order valence-corrected chi connectivity index (χ2v) is 11.9. The van der Waals surface area contributed by atoms with Crippen LogP contribution < -0.4 is 4.52 Å². The smallest absolute Gasteiger partial charge is 0.227 e. The minimum Gasteiger partial charge on any atom is -0.447 e. The van der Waals surface area contributed by atoms with Gasteiger partial charge in [0.2, 0.25) is 8.38 Å². The summed E-state index contributed by atoms with van der Waals surface area (Å²) in [6.45, 7) is 6.83. The first-order valence-corrected chi connectivity index (χ1v) is 16.9. The van der Waals surface area contributed by atoms with Gasteiger partial charge in [-0.3, -0.25) is 0 Å². The molecule has 1 N–H and O–H groups in total. The lowest BCUT2D eigenvalue weighted by Gasteiger charge is -2.18. The van der Waals surface area contributed by atoms with Crippen LogP contribution in [-0.4, -0.2) is 11.1 Å². The zero-order chi connectivity index (χ0) is 25.4. The molecule has 0 aliphatic rings. The molecule has 0 radical (unpaired) electrons. The molecule has 0 bridgehead atoms. The maximum atomic E-state index is 10.7. The topological polar surface area (TPSA) is 29.5 Å². The van der Waals surface area contributed by atoms with Gasteiger partial charge in [0.1, 0.15) is 5.75 Å². The summed E-state index contributed by atoms with van der Waals surface area (Å²) in [4.78, 5) is 10.7. The maximum Gasteiger partial charge on any atom is 0.227 e. The van der Waals surface area contributed by atoms with Crippen molar-refractivity contribution in [3.05, 3.63) is 29.3 Å². The van der Waals surface area contributed by atoms with Crippen molar-refractivity contribution in [3.63, 3.8) is 0 Å². The summed E-state index contributed by atoms with van der Waals surface area (Å²) >= 11 is 0. The van der Waals surface area contributed by atoms with Gasteiger partial charge in [0.25, 0.3) is 0 Å². The van der Waals surface area contributed by atoms with E-state index in [1.165, 1.54) is 133 Å². The lowest BCUT2D eigenvalue weighted by atomic mass is 9.95. The van der Waals surface area contributed by atoms with Gasteiger partial charge in [-0.25, -0.2) is 0 Å². The van der Waals surface area contributed by atoms with E-state index in [2.05, 4.69) is 39.0 Å². The highest BCUT2D eigenvalue weighted by Crippen LogP contribution is 2.38. The Hall–Kier alpha value is -0.590. The molecular formula is C32H59O2P. The lowest BCUT2D eigenvalue weighted by Crippen LogP contribution is -2.01. The second kappa shape index (κ2) is 23.8. The summed E-state index contributed by atoms with van der Waals surface area (Å²) in [6, 6.07) is 6.57. The van der Waals surface area contributed by atoms with E-state index in [1.54, 1.807) is 0 Å². The quantitative estimate of drug-likeness (QED) is 0.105. The highest BCUT2D eigenvalue weighted by atomic mass is 31.2. The predicted molar refractivity (Wildman–Crippen MR) is 158 cm³/mol. The number of aryl methyl sites for hydroxylation is 1.